The molecule has 1 heterocycles. The summed E-state index contributed by atoms with van der Waals surface area (Å²) in [6.45, 7) is 0.667. The summed E-state index contributed by atoms with van der Waals surface area (Å²) in [7, 11) is 0. The van der Waals surface area contributed by atoms with Gasteiger partial charge in [-0.2, -0.15) is 13.2 Å². The molecule has 2 fully saturated rings. The van der Waals surface area contributed by atoms with Gasteiger partial charge in [-0.25, -0.2) is 9.97 Å². The normalized spacial score (nSPS) is 19.4. The van der Waals surface area contributed by atoms with Crippen molar-refractivity contribution in [3.8, 4) is 0 Å². The maximum Gasteiger partial charge on any atom is 0.433 e. The van der Waals surface area contributed by atoms with Crippen LogP contribution in [-0.2, 0) is 6.18 Å². The molecule has 0 bridgehead atoms. The minimum atomic E-state index is -4.50. The van der Waals surface area contributed by atoms with E-state index >= 15 is 0 Å². The smallest absolute Gasteiger partial charge is 0.370 e. The molecule has 2 aliphatic rings. The Labute approximate surface area is 119 Å². The Morgan fingerprint density at radius 2 is 1.80 bits per heavy atom. The van der Waals surface area contributed by atoms with Gasteiger partial charge in [-0.3, -0.25) is 0 Å². The molecule has 1 N–H and O–H groups in total. The molecule has 0 radical (unpaired) electrons. The molecule has 0 aromatic carbocycles. The van der Waals surface area contributed by atoms with Gasteiger partial charge in [-0.1, -0.05) is 0 Å². The second-order valence-electron chi connectivity index (χ2n) is 5.62. The molecule has 0 saturated heterocycles. The third-order valence-electron chi connectivity index (χ3n) is 3.96. The van der Waals surface area contributed by atoms with Crippen molar-refractivity contribution >= 4 is 17.4 Å². The van der Waals surface area contributed by atoms with E-state index in [9.17, 15) is 13.2 Å². The first-order valence-corrected chi connectivity index (χ1v) is 7.17. The van der Waals surface area contributed by atoms with Crippen LogP contribution in [0.15, 0.2) is 6.07 Å². The minimum absolute atomic E-state index is 0.156. The number of nitrogens with zero attached hydrogens (tertiary/aromatic N) is 2. The van der Waals surface area contributed by atoms with Crippen molar-refractivity contribution in [2.75, 3.05) is 11.9 Å². The van der Waals surface area contributed by atoms with Gasteiger partial charge in [0.05, 0.1) is 0 Å². The van der Waals surface area contributed by atoms with Crippen molar-refractivity contribution in [3.63, 3.8) is 0 Å². The molecule has 20 heavy (non-hydrogen) atoms. The number of hydrogen-bond donors (Lipinski definition) is 1. The topological polar surface area (TPSA) is 37.8 Å². The van der Waals surface area contributed by atoms with Gasteiger partial charge < -0.3 is 5.32 Å². The minimum Gasteiger partial charge on any atom is -0.370 e. The first-order valence-electron chi connectivity index (χ1n) is 6.79. The van der Waals surface area contributed by atoms with E-state index in [1.807, 2.05) is 0 Å². The predicted octanol–water partition coefficient (Wildman–Crippen LogP) is 4.00. The number of nitrogens with one attached hydrogen (secondary N) is 1. The van der Waals surface area contributed by atoms with Crippen molar-refractivity contribution in [3.05, 3.63) is 17.0 Å². The van der Waals surface area contributed by atoms with E-state index in [4.69, 9.17) is 11.6 Å². The second-order valence-corrected chi connectivity index (χ2v) is 5.96. The molecule has 0 aliphatic heterocycles. The Morgan fingerprint density at radius 1 is 1.20 bits per heavy atom. The Hall–Kier alpha value is -1.04. The van der Waals surface area contributed by atoms with Crippen LogP contribution in [0.1, 0.15) is 31.4 Å². The lowest BCUT2D eigenvalue weighted by Crippen LogP contribution is -2.19. The molecule has 1 aromatic heterocycles. The zero-order valence-corrected chi connectivity index (χ0v) is 11.5. The van der Waals surface area contributed by atoms with Crippen LogP contribution in [0, 0.1) is 17.8 Å². The summed E-state index contributed by atoms with van der Waals surface area (Å²) >= 11 is 5.56. The van der Waals surface area contributed by atoms with Crippen LogP contribution in [0.4, 0.5) is 19.0 Å². The molecule has 2 saturated carbocycles. The largest absolute Gasteiger partial charge is 0.433 e. The number of hydrogen-bond acceptors (Lipinski definition) is 3. The SMILES string of the molecule is FC(F)(F)c1cc(NCC(C2CC2)C2CC2)nc(Cl)n1. The summed E-state index contributed by atoms with van der Waals surface area (Å²) in [6, 6.07) is 0.919. The van der Waals surface area contributed by atoms with Gasteiger partial charge in [0.25, 0.3) is 0 Å². The van der Waals surface area contributed by atoms with E-state index in [0.29, 0.717) is 12.5 Å². The van der Waals surface area contributed by atoms with Crippen molar-refractivity contribution in [2.45, 2.75) is 31.9 Å². The van der Waals surface area contributed by atoms with Gasteiger partial charge >= 0.3 is 6.18 Å². The summed E-state index contributed by atoms with van der Waals surface area (Å²) in [5, 5.41) is 2.63. The Kier molecular flexibility index (Phi) is 3.52. The predicted molar refractivity (Wildman–Crippen MR) is 69.5 cm³/mol. The van der Waals surface area contributed by atoms with Crippen molar-refractivity contribution in [2.24, 2.45) is 17.8 Å². The fourth-order valence-electron chi connectivity index (χ4n) is 2.64. The average molecular weight is 306 g/mol. The molecular weight excluding hydrogens is 291 g/mol. The maximum atomic E-state index is 12.6. The molecule has 3 rings (SSSR count). The van der Waals surface area contributed by atoms with Crippen LogP contribution in [-0.4, -0.2) is 16.5 Å². The van der Waals surface area contributed by atoms with Gasteiger partial charge in [0, 0.05) is 12.6 Å². The summed E-state index contributed by atoms with van der Waals surface area (Å²) in [6.07, 6.45) is 0.445. The highest BCUT2D eigenvalue weighted by atomic mass is 35.5. The molecular formula is C13H15ClF3N3. The van der Waals surface area contributed by atoms with E-state index in [-0.39, 0.29) is 11.1 Å². The Balaban J connectivity index is 1.68. The van der Waals surface area contributed by atoms with E-state index in [0.717, 1.165) is 17.9 Å². The number of halogens is 4. The van der Waals surface area contributed by atoms with Crippen LogP contribution in [0.25, 0.3) is 0 Å². The molecule has 1 aromatic rings. The molecule has 0 spiro atoms. The average Bonchev–Trinajstić information content (AvgIpc) is 3.22. The van der Waals surface area contributed by atoms with Gasteiger partial charge in [-0.05, 0) is 55.0 Å². The molecule has 110 valence electrons. The first-order chi connectivity index (χ1) is 9.43. The summed E-state index contributed by atoms with van der Waals surface area (Å²) in [4.78, 5) is 7.04. The fraction of sp³-hybridized carbons (Fsp3) is 0.692. The third kappa shape index (κ3) is 3.34. The highest BCUT2D eigenvalue weighted by Crippen LogP contribution is 2.49. The highest BCUT2D eigenvalue weighted by molar-refractivity contribution is 6.28. The zero-order valence-electron chi connectivity index (χ0n) is 10.8. The summed E-state index contributed by atoms with van der Waals surface area (Å²) in [5.74, 6) is 2.17. The van der Waals surface area contributed by atoms with Crippen molar-refractivity contribution in [1.82, 2.24) is 9.97 Å². The van der Waals surface area contributed by atoms with Gasteiger partial charge in [0.15, 0.2) is 5.69 Å². The molecule has 7 heteroatoms. The Bertz CT molecular complexity index is 486. The van der Waals surface area contributed by atoms with E-state index in [1.54, 1.807) is 0 Å². The first kappa shape index (κ1) is 13.9. The van der Waals surface area contributed by atoms with Crippen LogP contribution in [0.2, 0.25) is 5.28 Å². The van der Waals surface area contributed by atoms with Gasteiger partial charge in [0.1, 0.15) is 5.82 Å². The molecule has 0 atom stereocenters. The van der Waals surface area contributed by atoms with Crippen LogP contribution in [0.5, 0.6) is 0 Å². The number of rotatable bonds is 5. The zero-order chi connectivity index (χ0) is 14.3. The second kappa shape index (κ2) is 5.06. The molecule has 3 nitrogen and oxygen atoms in total. The van der Waals surface area contributed by atoms with E-state index in [1.165, 1.54) is 25.7 Å². The molecule has 0 unspecified atom stereocenters. The highest BCUT2D eigenvalue weighted by Gasteiger charge is 2.41. The molecule has 0 amide bonds. The van der Waals surface area contributed by atoms with Crippen LogP contribution < -0.4 is 5.32 Å². The van der Waals surface area contributed by atoms with Crippen molar-refractivity contribution < 1.29 is 13.2 Å². The lowest BCUT2D eigenvalue weighted by Gasteiger charge is -2.17. The maximum absolute atomic E-state index is 12.6. The van der Waals surface area contributed by atoms with Gasteiger partial charge in [0.2, 0.25) is 5.28 Å². The number of alkyl halides is 3. The summed E-state index contributed by atoms with van der Waals surface area (Å²) in [5.41, 5.74) is -1.01. The standard InChI is InChI=1S/C13H15ClF3N3/c14-12-19-10(13(15,16)17)5-11(20-12)18-6-9(7-1-2-7)8-3-4-8/h5,7-9H,1-4,6H2,(H,18,19,20). The third-order valence-corrected chi connectivity index (χ3v) is 4.13. The van der Waals surface area contributed by atoms with Crippen LogP contribution in [0.3, 0.4) is 0 Å². The fourth-order valence-corrected chi connectivity index (χ4v) is 2.83. The van der Waals surface area contributed by atoms with E-state index < -0.39 is 11.9 Å². The van der Waals surface area contributed by atoms with Gasteiger partial charge in [-0.15, -0.1) is 0 Å². The lowest BCUT2D eigenvalue weighted by molar-refractivity contribution is -0.141. The lowest BCUT2D eigenvalue weighted by atomic mass is 9.98. The number of anilines is 1. The number of aromatic nitrogens is 2. The quantitative estimate of drug-likeness (QED) is 0.836. The van der Waals surface area contributed by atoms with Crippen LogP contribution >= 0.6 is 11.6 Å². The monoisotopic (exact) mass is 305 g/mol. The van der Waals surface area contributed by atoms with Crippen molar-refractivity contribution in [1.29, 1.82) is 0 Å². The summed E-state index contributed by atoms with van der Waals surface area (Å²) < 4.78 is 37.9. The molecule has 2 aliphatic carbocycles. The van der Waals surface area contributed by atoms with E-state index in [2.05, 4.69) is 15.3 Å². The Morgan fingerprint density at radius 3 is 2.30 bits per heavy atom.